The van der Waals surface area contributed by atoms with Gasteiger partial charge in [0.25, 0.3) is 0 Å². The van der Waals surface area contributed by atoms with E-state index in [0.29, 0.717) is 11.2 Å². The van der Waals surface area contributed by atoms with E-state index in [2.05, 4.69) is 9.97 Å². The first-order chi connectivity index (χ1) is 11.0. The van der Waals surface area contributed by atoms with Crippen LogP contribution in [0.5, 0.6) is 5.75 Å². The molecule has 3 N–H and O–H groups in total. The zero-order valence-electron chi connectivity index (χ0n) is 12.8. The molecule has 0 bridgehead atoms. The number of amides is 1. The predicted octanol–water partition coefficient (Wildman–Crippen LogP) is 1.19. The molecule has 2 aromatic heterocycles. The van der Waals surface area contributed by atoms with Crippen LogP contribution in [0.4, 0.5) is 0 Å². The summed E-state index contributed by atoms with van der Waals surface area (Å²) in [6.07, 6.45) is 1.67. The van der Waals surface area contributed by atoms with Crippen molar-refractivity contribution in [3.63, 3.8) is 0 Å². The second-order valence-electron chi connectivity index (χ2n) is 5.26. The minimum atomic E-state index is -0.585. The second kappa shape index (κ2) is 5.60. The Morgan fingerprint density at radius 1 is 1.35 bits per heavy atom. The third kappa shape index (κ3) is 2.68. The first-order valence-corrected chi connectivity index (χ1v) is 7.01. The number of nitrogens with one attached hydrogen (secondary N) is 1. The van der Waals surface area contributed by atoms with Gasteiger partial charge in [-0.2, -0.15) is 0 Å². The lowest BCUT2D eigenvalue weighted by Crippen LogP contribution is -2.26. The van der Waals surface area contributed by atoms with Gasteiger partial charge in [0.15, 0.2) is 5.65 Å². The molecule has 0 fully saturated rings. The van der Waals surface area contributed by atoms with E-state index < -0.39 is 11.6 Å². The molecule has 0 aliphatic heterocycles. The summed E-state index contributed by atoms with van der Waals surface area (Å²) in [5.74, 6) is 0.216. The van der Waals surface area contributed by atoms with Crippen LogP contribution in [0.15, 0.2) is 35.3 Å². The van der Waals surface area contributed by atoms with Crippen LogP contribution in [0.3, 0.4) is 0 Å². The number of primary amides is 1. The van der Waals surface area contributed by atoms with Gasteiger partial charge in [0.05, 0.1) is 12.6 Å². The molecule has 0 radical (unpaired) electrons. The Morgan fingerprint density at radius 3 is 2.78 bits per heavy atom. The normalized spacial score (nSPS) is 10.9. The molecule has 2 heterocycles. The van der Waals surface area contributed by atoms with Gasteiger partial charge in [-0.1, -0.05) is 6.07 Å². The SMILES string of the molecule is COc1ccc(-c2cnc3[nH]c(=O)n(CC(N)=O)c3c2)cc1C. The number of nitrogens with zero attached hydrogens (tertiary/aromatic N) is 2. The highest BCUT2D eigenvalue weighted by Gasteiger charge is 2.12. The number of aromatic nitrogens is 3. The molecule has 0 aliphatic carbocycles. The summed E-state index contributed by atoms with van der Waals surface area (Å²) in [7, 11) is 1.62. The maximum atomic E-state index is 11.9. The molecule has 0 spiro atoms. The molecule has 1 aromatic carbocycles. The number of carbonyl (C=O) groups is 1. The van der Waals surface area contributed by atoms with Crippen LogP contribution in [-0.4, -0.2) is 27.6 Å². The van der Waals surface area contributed by atoms with Gasteiger partial charge in [-0.25, -0.2) is 9.78 Å². The number of H-pyrrole nitrogens is 1. The Balaban J connectivity index is 2.14. The lowest BCUT2D eigenvalue weighted by atomic mass is 10.0. The molecular formula is C16H16N4O3. The summed E-state index contributed by atoms with van der Waals surface area (Å²) in [6.45, 7) is 1.76. The molecule has 0 unspecified atom stereocenters. The van der Waals surface area contributed by atoms with Crippen molar-refractivity contribution in [1.82, 2.24) is 14.5 Å². The molecule has 0 saturated carbocycles. The van der Waals surface area contributed by atoms with E-state index in [1.807, 2.05) is 31.2 Å². The molecule has 0 atom stereocenters. The quantitative estimate of drug-likeness (QED) is 0.755. The van der Waals surface area contributed by atoms with E-state index in [0.717, 1.165) is 22.4 Å². The average molecular weight is 312 g/mol. The van der Waals surface area contributed by atoms with E-state index in [9.17, 15) is 9.59 Å². The summed E-state index contributed by atoms with van der Waals surface area (Å²) in [5, 5.41) is 0. The van der Waals surface area contributed by atoms with Gasteiger partial charge >= 0.3 is 5.69 Å². The lowest BCUT2D eigenvalue weighted by molar-refractivity contribution is -0.118. The number of imidazole rings is 1. The standard InChI is InChI=1S/C16H16N4O3/c1-9-5-10(3-4-13(9)23-2)11-6-12-15(18-7-11)19-16(22)20(12)8-14(17)21/h3-7H,8H2,1-2H3,(H2,17,21)(H,18,19,22). The number of methoxy groups -OCH3 is 1. The monoisotopic (exact) mass is 312 g/mol. The predicted molar refractivity (Wildman–Crippen MR) is 86.3 cm³/mol. The van der Waals surface area contributed by atoms with Crippen LogP contribution in [-0.2, 0) is 11.3 Å². The summed E-state index contributed by atoms with van der Waals surface area (Å²) in [6, 6.07) is 7.58. The van der Waals surface area contributed by atoms with E-state index in [1.165, 1.54) is 4.57 Å². The molecule has 3 rings (SSSR count). The number of hydrogen-bond acceptors (Lipinski definition) is 4. The van der Waals surface area contributed by atoms with Gasteiger partial charge in [0, 0.05) is 11.8 Å². The minimum absolute atomic E-state index is 0.189. The van der Waals surface area contributed by atoms with Crippen molar-refractivity contribution in [2.75, 3.05) is 7.11 Å². The molecule has 1 amide bonds. The summed E-state index contributed by atoms with van der Waals surface area (Å²) in [5.41, 5.74) is 8.52. The number of pyridine rings is 1. The molecule has 118 valence electrons. The number of aromatic amines is 1. The van der Waals surface area contributed by atoms with Gasteiger partial charge in [-0.15, -0.1) is 0 Å². The number of benzene rings is 1. The highest BCUT2D eigenvalue weighted by atomic mass is 16.5. The molecular weight excluding hydrogens is 296 g/mol. The molecule has 7 heteroatoms. The van der Waals surface area contributed by atoms with Crippen LogP contribution < -0.4 is 16.2 Å². The van der Waals surface area contributed by atoms with Crippen LogP contribution in [0.1, 0.15) is 5.56 Å². The molecule has 3 aromatic rings. The topological polar surface area (TPSA) is 103 Å². The number of aryl methyl sites for hydroxylation is 1. The number of hydrogen-bond donors (Lipinski definition) is 2. The lowest BCUT2D eigenvalue weighted by Gasteiger charge is -2.08. The van der Waals surface area contributed by atoms with Crippen LogP contribution >= 0.6 is 0 Å². The van der Waals surface area contributed by atoms with Crippen LogP contribution in [0, 0.1) is 6.92 Å². The largest absolute Gasteiger partial charge is 0.496 e. The van der Waals surface area contributed by atoms with Crippen molar-refractivity contribution < 1.29 is 9.53 Å². The van der Waals surface area contributed by atoms with E-state index in [1.54, 1.807) is 13.3 Å². The van der Waals surface area contributed by atoms with Crippen LogP contribution in [0.2, 0.25) is 0 Å². The van der Waals surface area contributed by atoms with Crippen molar-refractivity contribution in [1.29, 1.82) is 0 Å². The Hall–Kier alpha value is -3.09. The van der Waals surface area contributed by atoms with Gasteiger partial charge in [0.2, 0.25) is 5.91 Å². The number of nitrogens with two attached hydrogens (primary N) is 1. The number of fused-ring (bicyclic) bond motifs is 1. The van der Waals surface area contributed by atoms with Gasteiger partial charge in [0.1, 0.15) is 12.3 Å². The van der Waals surface area contributed by atoms with Crippen molar-refractivity contribution in [2.45, 2.75) is 13.5 Å². The van der Waals surface area contributed by atoms with Gasteiger partial charge < -0.3 is 10.5 Å². The number of rotatable bonds is 4. The third-order valence-corrected chi connectivity index (χ3v) is 3.67. The van der Waals surface area contributed by atoms with E-state index >= 15 is 0 Å². The maximum absolute atomic E-state index is 11.9. The molecule has 0 saturated heterocycles. The Morgan fingerprint density at radius 2 is 2.13 bits per heavy atom. The van der Waals surface area contributed by atoms with Crippen molar-refractivity contribution in [3.8, 4) is 16.9 Å². The van der Waals surface area contributed by atoms with Crippen molar-refractivity contribution in [3.05, 3.63) is 46.5 Å². The molecule has 23 heavy (non-hydrogen) atoms. The minimum Gasteiger partial charge on any atom is -0.496 e. The zero-order chi connectivity index (χ0) is 16.6. The number of ether oxygens (including phenoxy) is 1. The average Bonchev–Trinajstić information content (AvgIpc) is 2.82. The maximum Gasteiger partial charge on any atom is 0.328 e. The summed E-state index contributed by atoms with van der Waals surface area (Å²) >= 11 is 0. The summed E-state index contributed by atoms with van der Waals surface area (Å²) < 4.78 is 6.54. The van der Waals surface area contributed by atoms with E-state index in [4.69, 9.17) is 10.5 Å². The first-order valence-electron chi connectivity index (χ1n) is 7.01. The van der Waals surface area contributed by atoms with E-state index in [-0.39, 0.29) is 6.54 Å². The Bertz CT molecular complexity index is 956. The van der Waals surface area contributed by atoms with Crippen LogP contribution in [0.25, 0.3) is 22.3 Å². The fraction of sp³-hybridized carbons (Fsp3) is 0.188. The second-order valence-corrected chi connectivity index (χ2v) is 5.26. The van der Waals surface area contributed by atoms with Gasteiger partial charge in [-0.3, -0.25) is 14.3 Å². The first kappa shape index (κ1) is 14.8. The third-order valence-electron chi connectivity index (χ3n) is 3.67. The highest BCUT2D eigenvalue weighted by Crippen LogP contribution is 2.27. The summed E-state index contributed by atoms with van der Waals surface area (Å²) in [4.78, 5) is 29.9. The molecule has 7 nitrogen and oxygen atoms in total. The number of carbonyl (C=O) groups excluding carboxylic acids is 1. The van der Waals surface area contributed by atoms with Crippen molar-refractivity contribution >= 4 is 17.1 Å². The van der Waals surface area contributed by atoms with Crippen molar-refractivity contribution in [2.24, 2.45) is 5.73 Å². The fourth-order valence-electron chi connectivity index (χ4n) is 2.56. The zero-order valence-corrected chi connectivity index (χ0v) is 12.8. The highest BCUT2D eigenvalue weighted by molar-refractivity contribution is 5.81. The fourth-order valence-corrected chi connectivity index (χ4v) is 2.56. The van der Waals surface area contributed by atoms with Gasteiger partial charge in [-0.05, 0) is 36.2 Å². The molecule has 0 aliphatic rings. The Labute approximate surface area is 131 Å². The Kier molecular flexibility index (Phi) is 3.61. The smallest absolute Gasteiger partial charge is 0.328 e.